The average Bonchev–Trinajstić information content (AvgIpc) is 2.47. The van der Waals surface area contributed by atoms with Crippen LogP contribution < -0.4 is 4.74 Å². The van der Waals surface area contributed by atoms with Crippen molar-refractivity contribution < 1.29 is 23.3 Å². The van der Waals surface area contributed by atoms with Gasteiger partial charge >= 0.3 is 5.97 Å². The summed E-state index contributed by atoms with van der Waals surface area (Å²) in [7, 11) is -0.102. The van der Waals surface area contributed by atoms with Crippen molar-refractivity contribution in [3.8, 4) is 5.75 Å². The maximum Gasteiger partial charge on any atom is 0.319 e. The third-order valence-electron chi connectivity index (χ3n) is 3.06. The summed E-state index contributed by atoms with van der Waals surface area (Å²) in [4.78, 5) is 24.4. The number of para-hydroxylation sites is 1. The summed E-state index contributed by atoms with van der Waals surface area (Å²) in [6.07, 6.45) is 0. The lowest BCUT2D eigenvalue weighted by atomic mass is 9.89. The molecule has 21 heavy (non-hydrogen) atoms. The third kappa shape index (κ3) is 4.14. The van der Waals surface area contributed by atoms with E-state index in [-0.39, 0.29) is 12.4 Å². The first-order valence-electron chi connectivity index (χ1n) is 6.56. The van der Waals surface area contributed by atoms with Gasteiger partial charge in [0.25, 0.3) is 0 Å². The quantitative estimate of drug-likeness (QED) is 0.568. The van der Waals surface area contributed by atoms with E-state index in [1.807, 2.05) is 0 Å². The van der Waals surface area contributed by atoms with Gasteiger partial charge in [-0.05, 0) is 32.9 Å². The number of ether oxygens (including phenoxy) is 2. The van der Waals surface area contributed by atoms with Gasteiger partial charge in [-0.1, -0.05) is 12.1 Å². The number of carbonyl (C=O) groups is 2. The van der Waals surface area contributed by atoms with Crippen LogP contribution in [0, 0.1) is 5.41 Å². The minimum atomic E-state index is -1.57. The number of hydrogen-bond donors (Lipinski definition) is 0. The molecular formula is C15H20O5S. The average molecular weight is 312 g/mol. The maximum absolute atomic E-state index is 12.3. The summed E-state index contributed by atoms with van der Waals surface area (Å²) in [6, 6.07) is 6.79. The van der Waals surface area contributed by atoms with Crippen molar-refractivity contribution in [3.05, 3.63) is 24.3 Å². The van der Waals surface area contributed by atoms with E-state index in [9.17, 15) is 13.8 Å². The molecule has 1 aromatic carbocycles. The molecule has 0 heterocycles. The van der Waals surface area contributed by atoms with E-state index in [1.165, 1.54) is 21.0 Å². The molecule has 0 bridgehead atoms. The zero-order valence-corrected chi connectivity index (χ0v) is 13.5. The summed E-state index contributed by atoms with van der Waals surface area (Å²) in [5.41, 5.74) is -1.31. The Morgan fingerprint density at radius 1 is 1.24 bits per heavy atom. The number of methoxy groups -OCH3 is 1. The van der Waals surface area contributed by atoms with Crippen LogP contribution in [0.1, 0.15) is 20.8 Å². The second kappa shape index (κ2) is 7.36. The first-order valence-corrected chi connectivity index (χ1v) is 7.88. The van der Waals surface area contributed by atoms with Gasteiger partial charge in [0.05, 0.1) is 35.2 Å². The van der Waals surface area contributed by atoms with Crippen molar-refractivity contribution in [2.75, 3.05) is 19.5 Å². The molecule has 0 aliphatic heterocycles. The van der Waals surface area contributed by atoms with E-state index < -0.39 is 28.0 Å². The van der Waals surface area contributed by atoms with Crippen molar-refractivity contribution in [1.29, 1.82) is 0 Å². The molecule has 5 nitrogen and oxygen atoms in total. The van der Waals surface area contributed by atoms with Crippen LogP contribution in [-0.2, 0) is 25.1 Å². The Labute approximate surface area is 127 Å². The Morgan fingerprint density at radius 3 is 2.43 bits per heavy atom. The van der Waals surface area contributed by atoms with E-state index in [4.69, 9.17) is 9.47 Å². The van der Waals surface area contributed by atoms with E-state index in [0.29, 0.717) is 10.6 Å². The highest BCUT2D eigenvalue weighted by atomic mass is 32.2. The number of hydrogen-bond acceptors (Lipinski definition) is 5. The summed E-state index contributed by atoms with van der Waals surface area (Å²) in [5, 5.41) is 0. The van der Waals surface area contributed by atoms with E-state index in [0.717, 1.165) is 0 Å². The number of rotatable bonds is 7. The monoisotopic (exact) mass is 312 g/mol. The van der Waals surface area contributed by atoms with Crippen molar-refractivity contribution in [3.63, 3.8) is 0 Å². The van der Waals surface area contributed by atoms with Crippen LogP contribution in [0.2, 0.25) is 0 Å². The first-order chi connectivity index (χ1) is 9.84. The highest BCUT2D eigenvalue weighted by Crippen LogP contribution is 2.25. The molecule has 1 unspecified atom stereocenters. The third-order valence-corrected chi connectivity index (χ3v) is 4.41. The fourth-order valence-corrected chi connectivity index (χ4v) is 2.97. The fourth-order valence-electron chi connectivity index (χ4n) is 1.61. The Kier molecular flexibility index (Phi) is 6.08. The zero-order valence-electron chi connectivity index (χ0n) is 12.7. The molecule has 1 aromatic rings. The first kappa shape index (κ1) is 17.4. The maximum atomic E-state index is 12.3. The van der Waals surface area contributed by atoms with Gasteiger partial charge in [0.2, 0.25) is 0 Å². The minimum Gasteiger partial charge on any atom is -0.495 e. The minimum absolute atomic E-state index is 0.200. The molecule has 0 aliphatic carbocycles. The Hall–Kier alpha value is -1.69. The Bertz CT molecular complexity index is 551. The molecule has 0 radical (unpaired) electrons. The Morgan fingerprint density at radius 2 is 1.86 bits per heavy atom. The summed E-state index contributed by atoms with van der Waals surface area (Å²) in [5.74, 6) is -0.832. The lowest BCUT2D eigenvalue weighted by Gasteiger charge is -2.20. The van der Waals surface area contributed by atoms with Gasteiger partial charge in [0.15, 0.2) is 5.78 Å². The molecule has 0 fully saturated rings. The van der Waals surface area contributed by atoms with E-state index >= 15 is 0 Å². The van der Waals surface area contributed by atoms with Crippen LogP contribution in [0.25, 0.3) is 0 Å². The molecule has 1 rings (SSSR count). The van der Waals surface area contributed by atoms with Gasteiger partial charge < -0.3 is 9.47 Å². The second-order valence-corrected chi connectivity index (χ2v) is 6.33. The lowest BCUT2D eigenvalue weighted by Crippen LogP contribution is -2.38. The standard InChI is InChI=1S/C15H20O5S/c1-5-20-14(17)15(2,3)13(16)10-21(18)12-9-7-6-8-11(12)19-4/h6-9H,5,10H2,1-4H3. The molecule has 0 saturated heterocycles. The molecule has 0 amide bonds. The van der Waals surface area contributed by atoms with Crippen molar-refractivity contribution >= 4 is 22.6 Å². The van der Waals surface area contributed by atoms with Gasteiger partial charge in [-0.15, -0.1) is 0 Å². The number of Topliss-reactive ketones (excluding diaryl/α,β-unsaturated/α-hetero) is 1. The highest BCUT2D eigenvalue weighted by Gasteiger charge is 2.38. The normalized spacial score (nSPS) is 12.6. The van der Waals surface area contributed by atoms with Gasteiger partial charge in [-0.2, -0.15) is 0 Å². The zero-order chi connectivity index (χ0) is 16.0. The highest BCUT2D eigenvalue weighted by molar-refractivity contribution is 7.85. The number of esters is 1. The van der Waals surface area contributed by atoms with Crippen molar-refractivity contribution in [2.24, 2.45) is 5.41 Å². The molecule has 6 heteroatoms. The van der Waals surface area contributed by atoms with Crippen LogP contribution in [0.4, 0.5) is 0 Å². The largest absolute Gasteiger partial charge is 0.495 e. The van der Waals surface area contributed by atoms with Crippen molar-refractivity contribution in [1.82, 2.24) is 0 Å². The van der Waals surface area contributed by atoms with Crippen LogP contribution in [-0.4, -0.2) is 35.4 Å². The molecular weight excluding hydrogens is 292 g/mol. The summed E-state index contributed by atoms with van der Waals surface area (Å²) < 4.78 is 22.3. The SMILES string of the molecule is CCOC(=O)C(C)(C)C(=O)CS(=O)c1ccccc1OC. The molecule has 0 aliphatic rings. The molecule has 1 atom stereocenters. The molecule has 0 saturated carbocycles. The van der Waals surface area contributed by atoms with Crippen molar-refractivity contribution in [2.45, 2.75) is 25.7 Å². The predicted molar refractivity (Wildman–Crippen MR) is 79.7 cm³/mol. The topological polar surface area (TPSA) is 69.7 Å². The number of carbonyl (C=O) groups excluding carboxylic acids is 2. The molecule has 0 spiro atoms. The fraction of sp³-hybridized carbons (Fsp3) is 0.467. The van der Waals surface area contributed by atoms with Gasteiger partial charge in [-0.25, -0.2) is 0 Å². The van der Waals surface area contributed by atoms with Crippen LogP contribution in [0.3, 0.4) is 0 Å². The Balaban J connectivity index is 2.87. The van der Waals surface area contributed by atoms with Gasteiger partial charge in [0, 0.05) is 0 Å². The summed E-state index contributed by atoms with van der Waals surface area (Å²) in [6.45, 7) is 4.83. The van der Waals surface area contributed by atoms with Crippen LogP contribution >= 0.6 is 0 Å². The predicted octanol–water partition coefficient (Wildman–Crippen LogP) is 1.96. The molecule has 116 valence electrons. The van der Waals surface area contributed by atoms with Gasteiger partial charge in [-0.3, -0.25) is 13.8 Å². The smallest absolute Gasteiger partial charge is 0.319 e. The van der Waals surface area contributed by atoms with Gasteiger partial charge in [0.1, 0.15) is 11.2 Å². The van der Waals surface area contributed by atoms with Crippen LogP contribution in [0.15, 0.2) is 29.2 Å². The van der Waals surface area contributed by atoms with E-state index in [1.54, 1.807) is 31.2 Å². The van der Waals surface area contributed by atoms with E-state index in [2.05, 4.69) is 0 Å². The molecule has 0 N–H and O–H groups in total. The second-order valence-electron chi connectivity index (χ2n) is 4.91. The number of benzene rings is 1. The lowest BCUT2D eigenvalue weighted by molar-refractivity contribution is -0.157. The molecule has 0 aromatic heterocycles. The van der Waals surface area contributed by atoms with Crippen LogP contribution in [0.5, 0.6) is 5.75 Å². The summed E-state index contributed by atoms with van der Waals surface area (Å²) >= 11 is 0. The number of ketones is 1.